The van der Waals surface area contributed by atoms with Gasteiger partial charge in [0.25, 0.3) is 0 Å². The van der Waals surface area contributed by atoms with Crippen molar-refractivity contribution in [1.82, 2.24) is 10.0 Å². The molecule has 1 aliphatic rings. The summed E-state index contributed by atoms with van der Waals surface area (Å²) in [6, 6.07) is 24.8. The second-order valence-corrected chi connectivity index (χ2v) is 9.97. The van der Waals surface area contributed by atoms with Gasteiger partial charge in [0.2, 0.25) is 0 Å². The Morgan fingerprint density at radius 1 is 0.864 bits per heavy atom. The molecule has 0 bridgehead atoms. The molecule has 1 amide bonds. The highest BCUT2D eigenvalue weighted by Gasteiger charge is 2.44. The Balaban J connectivity index is 1.05. The lowest BCUT2D eigenvalue weighted by atomic mass is 10.00. The molecule has 3 aromatic carbocycles. The van der Waals surface area contributed by atoms with Crippen LogP contribution in [-0.4, -0.2) is 93.3 Å². The number of aromatic nitrogens is 1. The van der Waals surface area contributed by atoms with E-state index in [0.29, 0.717) is 6.61 Å². The van der Waals surface area contributed by atoms with Gasteiger partial charge in [-0.2, -0.15) is 0 Å². The molecular weight excluding hydrogens is 570 g/mol. The number of aliphatic hydroxyl groups excluding tert-OH is 1. The van der Waals surface area contributed by atoms with Crippen molar-refractivity contribution in [3.05, 3.63) is 84.4 Å². The first-order chi connectivity index (χ1) is 21.6. The molecule has 0 radical (unpaired) electrons. The molecule has 0 aliphatic carbocycles. The number of methoxy groups -OCH3 is 2. The van der Waals surface area contributed by atoms with Crippen LogP contribution >= 0.6 is 0 Å². The largest absolute Gasteiger partial charge is 0.393 e. The van der Waals surface area contributed by atoms with Gasteiger partial charge < -0.3 is 33.6 Å². The van der Waals surface area contributed by atoms with Crippen molar-refractivity contribution in [3.63, 3.8) is 0 Å². The van der Waals surface area contributed by atoms with Crippen molar-refractivity contribution >= 4 is 33.5 Å². The highest BCUT2D eigenvalue weighted by Crippen LogP contribution is 2.28. The molecule has 0 spiro atoms. The molecule has 1 aliphatic heterocycles. The van der Waals surface area contributed by atoms with Crippen LogP contribution in [0.2, 0.25) is 0 Å². The number of oxime groups is 1. The van der Waals surface area contributed by atoms with Gasteiger partial charge in [-0.25, -0.2) is 10.3 Å². The number of aliphatic hydroxyl groups is 1. The van der Waals surface area contributed by atoms with Crippen LogP contribution in [0.15, 0.2) is 84.0 Å². The first-order valence-electron chi connectivity index (χ1n) is 14.3. The maximum atomic E-state index is 12.9. The van der Waals surface area contributed by atoms with Crippen LogP contribution < -0.4 is 5.48 Å². The highest BCUT2D eigenvalue weighted by molar-refractivity contribution is 6.12. The van der Waals surface area contributed by atoms with Gasteiger partial charge in [-0.15, -0.1) is 0 Å². The van der Waals surface area contributed by atoms with Crippen LogP contribution in [0.3, 0.4) is 0 Å². The number of fused-ring (bicyclic) bond motifs is 3. The highest BCUT2D eigenvalue weighted by atomic mass is 16.7. The fourth-order valence-electron chi connectivity index (χ4n) is 5.09. The Morgan fingerprint density at radius 3 is 2.20 bits per heavy atom. The maximum absolute atomic E-state index is 12.9. The van der Waals surface area contributed by atoms with Crippen molar-refractivity contribution < 1.29 is 43.3 Å². The average Bonchev–Trinajstić information content (AvgIpc) is 3.40. The first kappa shape index (κ1) is 31.5. The summed E-state index contributed by atoms with van der Waals surface area (Å²) in [5.74, 6) is 0. The number of rotatable bonds is 14. The summed E-state index contributed by atoms with van der Waals surface area (Å²) in [7, 11) is 2.93. The quantitative estimate of drug-likeness (QED) is 0.163. The molecule has 234 valence electrons. The lowest BCUT2D eigenvalue weighted by Gasteiger charge is -2.38. The predicted molar refractivity (Wildman–Crippen MR) is 162 cm³/mol. The number of hydroxylamine groups is 1. The summed E-state index contributed by atoms with van der Waals surface area (Å²) < 4.78 is 29.7. The van der Waals surface area contributed by atoms with E-state index in [0.717, 1.165) is 27.4 Å². The Kier molecular flexibility index (Phi) is 11.3. The summed E-state index contributed by atoms with van der Waals surface area (Å²) >= 11 is 0. The number of benzene rings is 3. The summed E-state index contributed by atoms with van der Waals surface area (Å²) in [6.07, 6.45) is -3.44. The molecule has 44 heavy (non-hydrogen) atoms. The summed E-state index contributed by atoms with van der Waals surface area (Å²) in [5, 5.41) is 16.8. The Morgan fingerprint density at radius 2 is 1.52 bits per heavy atom. The molecular formula is C32H37N3O9. The van der Waals surface area contributed by atoms with Crippen LogP contribution in [0.25, 0.3) is 21.8 Å². The third-order valence-electron chi connectivity index (χ3n) is 7.14. The van der Waals surface area contributed by atoms with Gasteiger partial charge in [0, 0.05) is 25.0 Å². The van der Waals surface area contributed by atoms with Gasteiger partial charge in [0.1, 0.15) is 30.6 Å². The van der Waals surface area contributed by atoms with Gasteiger partial charge in [-0.3, -0.25) is 9.40 Å². The van der Waals surface area contributed by atoms with Crippen LogP contribution in [0, 0.1) is 0 Å². The SMILES string of the molecule is CO[C@@H]1O[C@H](COCc2ccccc2)[C@@H](OC)/C(=N\OCCOCCONC(=O)n2c3ccccc3c3ccccc32)[C@H]1O. The van der Waals surface area contributed by atoms with E-state index in [1.807, 2.05) is 78.9 Å². The number of hydrogen-bond donors (Lipinski definition) is 2. The number of nitrogens with zero attached hydrogens (tertiary/aromatic N) is 2. The van der Waals surface area contributed by atoms with Crippen LogP contribution in [0.4, 0.5) is 4.79 Å². The Labute approximate surface area is 254 Å². The lowest BCUT2D eigenvalue weighted by molar-refractivity contribution is -0.231. The normalized spacial score (nSPS) is 21.2. The molecule has 4 atom stereocenters. The molecule has 0 saturated carbocycles. The van der Waals surface area contributed by atoms with Gasteiger partial charge >= 0.3 is 6.03 Å². The smallest absolute Gasteiger partial charge is 0.350 e. The third-order valence-corrected chi connectivity index (χ3v) is 7.14. The zero-order chi connectivity index (χ0) is 30.7. The molecule has 1 aromatic heterocycles. The van der Waals surface area contributed by atoms with Crippen molar-refractivity contribution in [3.8, 4) is 0 Å². The molecule has 1 saturated heterocycles. The van der Waals surface area contributed by atoms with E-state index in [9.17, 15) is 9.90 Å². The fourth-order valence-corrected chi connectivity index (χ4v) is 5.09. The number of carbonyl (C=O) groups is 1. The molecule has 12 nitrogen and oxygen atoms in total. The molecule has 4 aromatic rings. The molecule has 0 unspecified atom stereocenters. The van der Waals surface area contributed by atoms with Gasteiger partial charge in [0.05, 0.1) is 44.1 Å². The minimum Gasteiger partial charge on any atom is -0.393 e. The summed E-state index contributed by atoms with van der Waals surface area (Å²) in [5.41, 5.74) is 5.32. The van der Waals surface area contributed by atoms with Crippen molar-refractivity contribution in [1.29, 1.82) is 0 Å². The molecule has 2 heterocycles. The topological polar surface area (TPSA) is 131 Å². The van der Waals surface area contributed by atoms with Crippen molar-refractivity contribution in [2.24, 2.45) is 5.16 Å². The van der Waals surface area contributed by atoms with Crippen molar-refractivity contribution in [2.45, 2.75) is 31.2 Å². The minimum absolute atomic E-state index is 0.105. The number of para-hydroxylation sites is 2. The average molecular weight is 608 g/mol. The van der Waals surface area contributed by atoms with E-state index in [4.69, 9.17) is 33.4 Å². The third kappa shape index (κ3) is 7.42. The predicted octanol–water partition coefficient (Wildman–Crippen LogP) is 3.64. The molecule has 1 fully saturated rings. The van der Waals surface area contributed by atoms with Gasteiger partial charge in [-0.1, -0.05) is 71.9 Å². The van der Waals surface area contributed by atoms with Crippen LogP contribution in [0.5, 0.6) is 0 Å². The minimum atomic E-state index is -1.19. The second kappa shape index (κ2) is 15.7. The number of carbonyl (C=O) groups excluding carboxylic acids is 1. The van der Waals surface area contributed by atoms with Crippen molar-refractivity contribution in [2.75, 3.05) is 47.3 Å². The van der Waals surface area contributed by atoms with Crippen LogP contribution in [-0.2, 0) is 40.0 Å². The zero-order valence-corrected chi connectivity index (χ0v) is 24.7. The molecule has 12 heteroatoms. The van der Waals surface area contributed by atoms with Crippen LogP contribution in [0.1, 0.15) is 5.56 Å². The van der Waals surface area contributed by atoms with Gasteiger partial charge in [-0.05, 0) is 17.7 Å². The van der Waals surface area contributed by atoms with E-state index >= 15 is 0 Å². The van der Waals surface area contributed by atoms with E-state index < -0.39 is 30.6 Å². The van der Waals surface area contributed by atoms with E-state index in [-0.39, 0.29) is 38.7 Å². The number of hydrogen-bond acceptors (Lipinski definition) is 10. The fraction of sp³-hybridized carbons (Fsp3) is 0.375. The van der Waals surface area contributed by atoms with E-state index in [2.05, 4.69) is 10.6 Å². The number of ether oxygens (including phenoxy) is 5. The Hall–Kier alpha value is -3.88. The second-order valence-electron chi connectivity index (χ2n) is 9.97. The standard InChI is InChI=1S/C32H37N3O9/c1-38-30-27(21-41-20-22-10-4-3-5-11-22)44-31(39-2)29(36)28(30)33-42-18-16-40-17-19-43-34-32(37)35-25-14-8-6-12-23(25)24-13-7-9-15-26(24)35/h3-15,27,29-31,36H,16-21H2,1-2H3,(H,34,37)/b33-28-/t27-,29-,30-,31-/m1/s1. The zero-order valence-electron chi connectivity index (χ0n) is 24.7. The number of amides is 1. The number of nitrogens with one attached hydrogen (secondary N) is 1. The molecule has 2 N–H and O–H groups in total. The van der Waals surface area contributed by atoms with E-state index in [1.165, 1.54) is 14.2 Å². The summed E-state index contributed by atoms with van der Waals surface area (Å²) in [6.45, 7) is 1.22. The summed E-state index contributed by atoms with van der Waals surface area (Å²) in [4.78, 5) is 23.7. The monoisotopic (exact) mass is 607 g/mol. The maximum Gasteiger partial charge on any atom is 0.350 e. The van der Waals surface area contributed by atoms with Gasteiger partial charge in [0.15, 0.2) is 6.29 Å². The molecule has 5 rings (SSSR count). The first-order valence-corrected chi connectivity index (χ1v) is 14.3. The van der Waals surface area contributed by atoms with E-state index in [1.54, 1.807) is 4.57 Å². The lowest BCUT2D eigenvalue weighted by Crippen LogP contribution is -2.57. The Bertz CT molecular complexity index is 1470.